The molecule has 590 valence electrons. The molecule has 0 saturated heterocycles. The predicted molar refractivity (Wildman–Crippen MR) is 444 cm³/mol. The molecule has 118 heavy (non-hydrogen) atoms. The number of nitrogens with one attached hydrogen (secondary N) is 3. The number of imidazole rings is 3. The number of nitrogen functional groups attached to an aromatic ring is 3. The van der Waals surface area contributed by atoms with E-state index >= 15 is 4.39 Å². The number of rotatable bonds is 18. The fourth-order valence-electron chi connectivity index (χ4n) is 19.3. The summed E-state index contributed by atoms with van der Waals surface area (Å²) in [6.45, 7) is 14.1. The Morgan fingerprint density at radius 1 is 0.441 bits per heavy atom. The van der Waals surface area contributed by atoms with Crippen molar-refractivity contribution in [2.24, 2.45) is 0 Å². The summed E-state index contributed by atoms with van der Waals surface area (Å²) in [7, 11) is 0. The van der Waals surface area contributed by atoms with Gasteiger partial charge in [-0.3, -0.25) is 56.9 Å². The smallest absolute Gasteiger partial charge is 0.296 e. The molecule has 6 aliphatic carbocycles. The highest BCUT2D eigenvalue weighted by Crippen LogP contribution is 2.61. The Balaban J connectivity index is 0.000000132. The first-order valence-corrected chi connectivity index (χ1v) is 39.4. The molecular formula is C92H84FN19O6. The first-order valence-electron chi connectivity index (χ1n) is 39.4. The number of amides is 3. The minimum absolute atomic E-state index is 0.000112. The molecule has 9 heterocycles. The molecule has 6 fully saturated rings. The van der Waals surface area contributed by atoms with Gasteiger partial charge in [0, 0.05) is 134 Å². The molecule has 0 unspecified atom stereocenters. The molecule has 6 bridgehead atoms. The lowest BCUT2D eigenvalue weighted by Gasteiger charge is -2.27. The van der Waals surface area contributed by atoms with Gasteiger partial charge in [-0.05, 0) is 196 Å². The Kier molecular flexibility index (Phi) is 20.6. The Labute approximate surface area is 680 Å². The maximum Gasteiger partial charge on any atom is 0.296 e. The van der Waals surface area contributed by atoms with Crippen LogP contribution in [0.2, 0.25) is 0 Å². The van der Waals surface area contributed by atoms with Crippen LogP contribution in [0.25, 0.3) is 55.2 Å². The van der Waals surface area contributed by atoms with Gasteiger partial charge < -0.3 is 33.2 Å². The van der Waals surface area contributed by atoms with E-state index in [9.17, 15) is 28.8 Å². The van der Waals surface area contributed by atoms with Crippen LogP contribution in [0.1, 0.15) is 188 Å². The van der Waals surface area contributed by atoms with Gasteiger partial charge in [0.05, 0.1) is 31.4 Å². The lowest BCUT2D eigenvalue weighted by atomic mass is 9.83. The molecule has 0 atom stereocenters. The van der Waals surface area contributed by atoms with Crippen LogP contribution in [-0.2, 0) is 49.9 Å². The van der Waals surface area contributed by atoms with Crippen molar-refractivity contribution in [3.05, 3.63) is 239 Å². The second-order valence-corrected chi connectivity index (χ2v) is 32.1. The van der Waals surface area contributed by atoms with Gasteiger partial charge in [-0.25, -0.2) is 39.1 Å². The first kappa shape index (κ1) is 77.8. The number of halogens is 1. The van der Waals surface area contributed by atoms with Gasteiger partial charge in [-0.1, -0.05) is 78.4 Å². The van der Waals surface area contributed by atoms with Crippen molar-refractivity contribution in [2.45, 2.75) is 176 Å². The maximum atomic E-state index is 15.3. The summed E-state index contributed by atoms with van der Waals surface area (Å²) >= 11 is 0. The summed E-state index contributed by atoms with van der Waals surface area (Å²) in [5.74, 6) is 17.9. The van der Waals surface area contributed by atoms with Gasteiger partial charge in [0.1, 0.15) is 74.4 Å². The summed E-state index contributed by atoms with van der Waals surface area (Å²) in [6.07, 6.45) is 28.8. The number of benzene rings is 3. The zero-order valence-corrected chi connectivity index (χ0v) is 65.7. The standard InChI is InChI=1S/C31H27N7O2.C31H30N6O2.C30H27FN6O2/c1-3-4-25(40)37-31-12-10-30(19-31,11-13-31)29-36-26(27-28(32)35-15-16-38(27)29)21-7-5-20(6-8-21)24(39)18-23-17-22(33-2)9-14-34-23;1-3-4-25(39)36-31-12-10-30(19-31,11-13-31)29-35-26(27-28(32)34-15-16-37(27)29)22-7-5-21(6-8-22)24(38)18-23-17-20(2)9-14-33-23;1-2-5-24(39)36-30-11-9-29(18-30,10-12-30)28-35-25(26-27(32)34-14-15-37(26)28)19-7-8-21(22(31)16-19)23(38)17-20-6-3-4-13-33-20/h5-9,14-17H,10-13,18-19H2,1H3,(H2,32,35)(H,37,40);5-9,14-17H,10-13,18-19H2,1-2H3,(H2,32,34)(H,36,39);3-4,6-8,13-16H,9-12,17-18H2,1H3,(H2,32,34)(H,36,39). The van der Waals surface area contributed by atoms with Crippen LogP contribution >= 0.6 is 0 Å². The zero-order chi connectivity index (χ0) is 82.3. The summed E-state index contributed by atoms with van der Waals surface area (Å²) in [6, 6.07) is 31.8. The second-order valence-electron chi connectivity index (χ2n) is 32.1. The highest BCUT2D eigenvalue weighted by atomic mass is 19.1. The average Bonchev–Trinajstić information content (AvgIpc) is 1.56. The summed E-state index contributed by atoms with van der Waals surface area (Å²) in [4.78, 5) is 120. The summed E-state index contributed by atoms with van der Waals surface area (Å²) in [5, 5.41) is 9.52. The van der Waals surface area contributed by atoms with Crippen molar-refractivity contribution < 1.29 is 33.2 Å². The number of nitrogens with two attached hydrogens (primary N) is 3. The van der Waals surface area contributed by atoms with E-state index in [4.69, 9.17) is 38.7 Å². The number of Topliss-reactive ketones (excluding diaryl/α,β-unsaturated/α-hetero) is 3. The number of aryl methyl sites for hydroxylation is 1. The van der Waals surface area contributed by atoms with Gasteiger partial charge in [-0.15, -0.1) is 0 Å². The topological polar surface area (TPSA) is 350 Å². The molecule has 0 spiro atoms. The van der Waals surface area contributed by atoms with Gasteiger partial charge in [0.2, 0.25) is 0 Å². The van der Waals surface area contributed by atoms with Gasteiger partial charge >= 0.3 is 0 Å². The number of fused-ring (bicyclic) bond motifs is 9. The maximum absolute atomic E-state index is 15.3. The molecule has 6 saturated carbocycles. The molecule has 6 aliphatic rings. The molecule has 3 aromatic carbocycles. The molecule has 0 aliphatic heterocycles. The lowest BCUT2D eigenvalue weighted by molar-refractivity contribution is -0.118. The number of ketones is 3. The van der Waals surface area contributed by atoms with Crippen LogP contribution in [0, 0.1) is 54.8 Å². The molecule has 9 N–H and O–H groups in total. The van der Waals surface area contributed by atoms with Gasteiger partial charge in [0.15, 0.2) is 23.0 Å². The second kappa shape index (κ2) is 31.2. The number of hydrogen-bond donors (Lipinski definition) is 6. The van der Waals surface area contributed by atoms with Gasteiger partial charge in [-0.2, -0.15) is 0 Å². The molecule has 9 aromatic heterocycles. The van der Waals surface area contributed by atoms with Crippen molar-refractivity contribution in [2.75, 3.05) is 17.2 Å². The van der Waals surface area contributed by atoms with E-state index in [1.807, 2.05) is 82.8 Å². The monoisotopic (exact) mass is 1570 g/mol. The predicted octanol–water partition coefficient (Wildman–Crippen LogP) is 12.7. The van der Waals surface area contributed by atoms with E-state index in [-0.39, 0.29) is 98.6 Å². The minimum Gasteiger partial charge on any atom is -0.382 e. The van der Waals surface area contributed by atoms with Crippen molar-refractivity contribution in [1.82, 2.24) is 74.0 Å². The van der Waals surface area contributed by atoms with E-state index in [0.29, 0.717) is 62.3 Å². The summed E-state index contributed by atoms with van der Waals surface area (Å²) in [5.41, 5.74) is 28.5. The first-order chi connectivity index (χ1) is 57.0. The van der Waals surface area contributed by atoms with Crippen LogP contribution in [0.15, 0.2) is 165 Å². The van der Waals surface area contributed by atoms with E-state index in [2.05, 4.69) is 90.6 Å². The minimum atomic E-state index is -0.628. The van der Waals surface area contributed by atoms with Gasteiger partial charge in [0.25, 0.3) is 17.7 Å². The van der Waals surface area contributed by atoms with Crippen LogP contribution < -0.4 is 33.2 Å². The normalized spacial score (nSPS) is 21.3. The number of carbonyl (C=O) groups is 6. The van der Waals surface area contributed by atoms with E-state index in [1.165, 1.54) is 12.1 Å². The molecule has 25 nitrogen and oxygen atoms in total. The van der Waals surface area contributed by atoms with Crippen LogP contribution in [-0.4, -0.2) is 110 Å². The molecule has 26 heteroatoms. The number of carbonyl (C=O) groups excluding carboxylic acids is 6. The Hall–Kier alpha value is -14.1. The molecule has 3 amide bonds. The van der Waals surface area contributed by atoms with Crippen molar-refractivity contribution in [1.29, 1.82) is 0 Å². The lowest BCUT2D eigenvalue weighted by Crippen LogP contribution is -2.44. The fraction of sp³-hybridized carbons (Fsp3) is 0.304. The highest BCUT2D eigenvalue weighted by Gasteiger charge is 2.60. The van der Waals surface area contributed by atoms with Crippen molar-refractivity contribution in [3.8, 4) is 69.3 Å². The molecule has 0 radical (unpaired) electrons. The SMILES string of the molecule is CC#CC(=O)NC12CCC(c3nc(-c4ccc(C(=O)Cc5cc(C)ccn5)cc4)c4c(N)nccn34)(CC1)C2.CC#CC(=O)NC12CCC(c3nc(-c4ccc(C(=O)Cc5ccccn5)c(F)c4)c4c(N)nccn34)(CC1)C2.[C-]#[N+]c1ccnc(CC(=O)c2ccc(-c3nc(C45CCC(NC(=O)C#CC)(CC4)C5)n4ccnc(N)c34)cc2)c1. The molecule has 18 rings (SSSR count). The van der Waals surface area contributed by atoms with Crippen LogP contribution in [0.5, 0.6) is 0 Å². The van der Waals surface area contributed by atoms with Crippen molar-refractivity contribution >= 4 is 74.8 Å². The number of anilines is 3. The molecule has 12 aromatic rings. The van der Waals surface area contributed by atoms with Crippen LogP contribution in [0.3, 0.4) is 0 Å². The fourth-order valence-corrected chi connectivity index (χ4v) is 19.3. The molecular weight excluding hydrogens is 1490 g/mol. The van der Waals surface area contributed by atoms with E-state index in [1.54, 1.807) is 106 Å². The van der Waals surface area contributed by atoms with Crippen molar-refractivity contribution in [3.63, 3.8) is 0 Å². The third-order valence-corrected chi connectivity index (χ3v) is 24.7. The largest absolute Gasteiger partial charge is 0.382 e. The number of hydrogen-bond acceptors (Lipinski definition) is 18. The number of aromatic nitrogens is 12. The quantitative estimate of drug-likeness (QED) is 0.0264. The summed E-state index contributed by atoms with van der Waals surface area (Å²) < 4.78 is 21.4. The Morgan fingerprint density at radius 2 is 0.822 bits per heavy atom. The van der Waals surface area contributed by atoms with E-state index in [0.717, 1.165) is 153 Å². The number of nitrogens with zero attached hydrogens (tertiary/aromatic N) is 13. The van der Waals surface area contributed by atoms with Crippen LogP contribution in [0.4, 0.5) is 27.5 Å². The zero-order valence-electron chi connectivity index (χ0n) is 65.7. The third kappa shape index (κ3) is 14.8. The highest BCUT2D eigenvalue weighted by molar-refractivity contribution is 6.01. The Morgan fingerprint density at radius 3 is 1.20 bits per heavy atom. The third-order valence-electron chi connectivity index (χ3n) is 24.7. The average molecular weight is 1570 g/mol. The number of pyridine rings is 3. The van der Waals surface area contributed by atoms with E-state index < -0.39 is 5.82 Å². The Bertz CT molecular complexity index is 6320.